The molecule has 0 amide bonds. The summed E-state index contributed by atoms with van der Waals surface area (Å²) >= 11 is 0. The minimum Gasteiger partial charge on any atom is -0.383 e. The van der Waals surface area contributed by atoms with E-state index in [4.69, 9.17) is 0 Å². The van der Waals surface area contributed by atoms with Gasteiger partial charge in [0.1, 0.15) is 23.1 Å². The summed E-state index contributed by atoms with van der Waals surface area (Å²) in [4.78, 5) is 3.81. The molecule has 1 aromatic heterocycles. The average molecular weight is 281 g/mol. The number of nitrogens with zero attached hydrogens (tertiary/aromatic N) is 1. The van der Waals surface area contributed by atoms with Gasteiger partial charge >= 0.3 is 0 Å². The third-order valence-corrected chi connectivity index (χ3v) is 3.32. The number of rotatable bonds is 4. The maximum absolute atomic E-state index is 13.7. The van der Waals surface area contributed by atoms with Gasteiger partial charge in [0.2, 0.25) is 0 Å². The maximum Gasteiger partial charge on any atom is 0.141 e. The van der Waals surface area contributed by atoms with Crippen molar-refractivity contribution in [3.05, 3.63) is 65.2 Å². The Hall–Kier alpha value is -1.88. The van der Waals surface area contributed by atoms with Crippen LogP contribution in [0.1, 0.15) is 24.6 Å². The summed E-state index contributed by atoms with van der Waals surface area (Å²) in [5, 5.41) is 10.6. The Morgan fingerprint density at radius 3 is 2.25 bits per heavy atom. The van der Waals surface area contributed by atoms with Crippen LogP contribution in [0.3, 0.4) is 0 Å². The van der Waals surface area contributed by atoms with Gasteiger partial charge in [-0.25, -0.2) is 13.2 Å². The number of pyridine rings is 1. The van der Waals surface area contributed by atoms with Gasteiger partial charge in [-0.15, -0.1) is 0 Å². The zero-order valence-corrected chi connectivity index (χ0v) is 10.9. The summed E-state index contributed by atoms with van der Waals surface area (Å²) in [6.45, 7) is 1.67. The van der Waals surface area contributed by atoms with E-state index in [1.165, 1.54) is 12.1 Å². The highest BCUT2D eigenvalue weighted by Gasteiger charge is 2.31. The highest BCUT2D eigenvalue weighted by molar-refractivity contribution is 5.25. The lowest BCUT2D eigenvalue weighted by atomic mass is 9.88. The summed E-state index contributed by atoms with van der Waals surface area (Å²) in [6.07, 6.45) is 0.897. The molecule has 0 fully saturated rings. The van der Waals surface area contributed by atoms with E-state index in [-0.39, 0.29) is 24.1 Å². The van der Waals surface area contributed by atoms with Crippen LogP contribution in [0, 0.1) is 17.5 Å². The Morgan fingerprint density at radius 2 is 1.75 bits per heavy atom. The fourth-order valence-electron chi connectivity index (χ4n) is 2.04. The standard InChI is InChI=1S/C15H14F3NO/c1-2-15(20,14-7-6-10(16)9-19-14)8-11-12(17)4-3-5-13(11)18/h3-7,9,20H,2,8H2,1H3. The zero-order chi connectivity index (χ0) is 14.8. The summed E-state index contributed by atoms with van der Waals surface area (Å²) in [7, 11) is 0. The van der Waals surface area contributed by atoms with Crippen LogP contribution in [0.5, 0.6) is 0 Å². The number of benzene rings is 1. The summed E-state index contributed by atoms with van der Waals surface area (Å²) in [5.41, 5.74) is -1.57. The summed E-state index contributed by atoms with van der Waals surface area (Å²) in [5.74, 6) is -1.98. The molecule has 0 spiro atoms. The Kier molecular flexibility index (Phi) is 4.09. The van der Waals surface area contributed by atoms with Gasteiger partial charge in [0, 0.05) is 12.0 Å². The first kappa shape index (κ1) is 14.5. The highest BCUT2D eigenvalue weighted by Crippen LogP contribution is 2.29. The lowest BCUT2D eigenvalue weighted by Gasteiger charge is -2.26. The van der Waals surface area contributed by atoms with Crippen LogP contribution in [-0.2, 0) is 12.0 Å². The number of aliphatic hydroxyl groups is 1. The van der Waals surface area contributed by atoms with Gasteiger partial charge in [-0.2, -0.15) is 0 Å². The third kappa shape index (κ3) is 2.82. The summed E-state index contributed by atoms with van der Waals surface area (Å²) < 4.78 is 40.2. The van der Waals surface area contributed by atoms with Gasteiger partial charge in [0.05, 0.1) is 11.9 Å². The van der Waals surface area contributed by atoms with Gasteiger partial charge in [-0.1, -0.05) is 13.0 Å². The van der Waals surface area contributed by atoms with Crippen LogP contribution in [0.2, 0.25) is 0 Å². The zero-order valence-electron chi connectivity index (χ0n) is 10.9. The number of halogens is 3. The van der Waals surface area contributed by atoms with Crippen molar-refractivity contribution in [3.63, 3.8) is 0 Å². The van der Waals surface area contributed by atoms with E-state index in [0.717, 1.165) is 24.4 Å². The van der Waals surface area contributed by atoms with Gasteiger partial charge in [0.25, 0.3) is 0 Å². The molecule has 0 radical (unpaired) electrons. The molecule has 1 aromatic carbocycles. The van der Waals surface area contributed by atoms with E-state index in [1.54, 1.807) is 6.92 Å². The normalized spacial score (nSPS) is 14.1. The Balaban J connectivity index is 2.39. The minimum atomic E-state index is -1.54. The van der Waals surface area contributed by atoms with E-state index in [1.807, 2.05) is 0 Å². The second kappa shape index (κ2) is 5.63. The van der Waals surface area contributed by atoms with Crippen LogP contribution in [0.15, 0.2) is 36.5 Å². The first-order chi connectivity index (χ1) is 9.46. The number of aromatic nitrogens is 1. The molecule has 2 aromatic rings. The molecule has 0 saturated heterocycles. The van der Waals surface area contributed by atoms with Crippen LogP contribution < -0.4 is 0 Å². The third-order valence-electron chi connectivity index (χ3n) is 3.32. The van der Waals surface area contributed by atoms with Crippen molar-refractivity contribution < 1.29 is 18.3 Å². The molecule has 20 heavy (non-hydrogen) atoms. The van der Waals surface area contributed by atoms with E-state index < -0.39 is 23.1 Å². The molecule has 1 N–H and O–H groups in total. The molecule has 2 rings (SSSR count). The molecule has 106 valence electrons. The second-order valence-electron chi connectivity index (χ2n) is 4.62. The van der Waals surface area contributed by atoms with Crippen molar-refractivity contribution in [2.75, 3.05) is 0 Å². The number of hydrogen-bond donors (Lipinski definition) is 1. The van der Waals surface area contributed by atoms with Crippen molar-refractivity contribution in [1.29, 1.82) is 0 Å². The van der Waals surface area contributed by atoms with Crippen molar-refractivity contribution in [2.45, 2.75) is 25.4 Å². The lowest BCUT2D eigenvalue weighted by Crippen LogP contribution is -2.30. The monoisotopic (exact) mass is 281 g/mol. The second-order valence-corrected chi connectivity index (χ2v) is 4.62. The Labute approximate surface area is 114 Å². The van der Waals surface area contributed by atoms with E-state index in [2.05, 4.69) is 4.98 Å². The molecule has 0 aliphatic carbocycles. The highest BCUT2D eigenvalue weighted by atomic mass is 19.1. The number of hydrogen-bond acceptors (Lipinski definition) is 2. The van der Waals surface area contributed by atoms with Crippen LogP contribution >= 0.6 is 0 Å². The smallest absolute Gasteiger partial charge is 0.141 e. The molecule has 0 bridgehead atoms. The van der Waals surface area contributed by atoms with Gasteiger partial charge in [-0.3, -0.25) is 4.98 Å². The van der Waals surface area contributed by atoms with Crippen LogP contribution in [-0.4, -0.2) is 10.1 Å². The maximum atomic E-state index is 13.7. The van der Waals surface area contributed by atoms with Crippen molar-refractivity contribution in [3.8, 4) is 0 Å². The van der Waals surface area contributed by atoms with Crippen molar-refractivity contribution in [1.82, 2.24) is 4.98 Å². The molecule has 0 aliphatic heterocycles. The first-order valence-corrected chi connectivity index (χ1v) is 6.23. The first-order valence-electron chi connectivity index (χ1n) is 6.23. The van der Waals surface area contributed by atoms with Crippen LogP contribution in [0.4, 0.5) is 13.2 Å². The molecule has 0 aliphatic rings. The molecule has 5 heteroatoms. The van der Waals surface area contributed by atoms with Crippen molar-refractivity contribution in [2.24, 2.45) is 0 Å². The predicted octanol–water partition coefficient (Wildman–Crippen LogP) is 3.34. The minimum absolute atomic E-state index is 0.184. The van der Waals surface area contributed by atoms with E-state index >= 15 is 0 Å². The average Bonchev–Trinajstić information content (AvgIpc) is 2.43. The molecule has 2 nitrogen and oxygen atoms in total. The SMILES string of the molecule is CCC(O)(Cc1c(F)cccc1F)c1ccc(F)cn1. The van der Waals surface area contributed by atoms with Crippen molar-refractivity contribution >= 4 is 0 Å². The fraction of sp³-hybridized carbons (Fsp3) is 0.267. The van der Waals surface area contributed by atoms with Gasteiger partial charge < -0.3 is 5.11 Å². The van der Waals surface area contributed by atoms with E-state index in [0.29, 0.717) is 0 Å². The van der Waals surface area contributed by atoms with E-state index in [9.17, 15) is 18.3 Å². The van der Waals surface area contributed by atoms with Gasteiger partial charge in [0.15, 0.2) is 0 Å². The quantitative estimate of drug-likeness (QED) is 0.932. The van der Waals surface area contributed by atoms with Crippen LogP contribution in [0.25, 0.3) is 0 Å². The molecule has 1 unspecified atom stereocenters. The lowest BCUT2D eigenvalue weighted by molar-refractivity contribution is 0.0265. The summed E-state index contributed by atoms with van der Waals surface area (Å²) in [6, 6.07) is 5.99. The largest absolute Gasteiger partial charge is 0.383 e. The molecule has 1 heterocycles. The topological polar surface area (TPSA) is 33.1 Å². The van der Waals surface area contributed by atoms with Gasteiger partial charge in [-0.05, 0) is 30.7 Å². The molecular formula is C15H14F3NO. The Bertz CT molecular complexity index is 580. The Morgan fingerprint density at radius 1 is 1.10 bits per heavy atom. The molecular weight excluding hydrogens is 267 g/mol. The predicted molar refractivity (Wildman–Crippen MR) is 68.4 cm³/mol. The molecule has 1 atom stereocenters. The fourth-order valence-corrected chi connectivity index (χ4v) is 2.04. The molecule has 0 saturated carbocycles.